The summed E-state index contributed by atoms with van der Waals surface area (Å²) in [5, 5.41) is 9.17. The zero-order valence-electron chi connectivity index (χ0n) is 8.85. The van der Waals surface area contributed by atoms with Gasteiger partial charge in [0.15, 0.2) is 5.11 Å². The molecule has 4 nitrogen and oxygen atoms in total. The Labute approximate surface area is 95.5 Å². The topological polar surface area (TPSA) is 43.8 Å². The lowest BCUT2D eigenvalue weighted by Crippen LogP contribution is -2.45. The van der Waals surface area contributed by atoms with Gasteiger partial charge in [-0.3, -0.25) is 4.90 Å². The number of rotatable bonds is 5. The molecule has 0 rings (SSSR count). The van der Waals surface area contributed by atoms with Gasteiger partial charge in [0.2, 0.25) is 0 Å². The van der Waals surface area contributed by atoms with Gasteiger partial charge in [-0.15, -0.1) is 13.2 Å². The summed E-state index contributed by atoms with van der Waals surface area (Å²) >= 11 is 5.08. The van der Waals surface area contributed by atoms with Crippen molar-refractivity contribution in [2.45, 2.75) is 6.92 Å². The third-order valence-corrected chi connectivity index (χ3v) is 2.23. The molecule has 0 aromatic heterocycles. The molecule has 0 aliphatic heterocycles. The summed E-state index contributed by atoms with van der Waals surface area (Å²) in [6, 6.07) is 0. The number of thiocarbonyl (C=S) groups is 1. The van der Waals surface area contributed by atoms with Crippen LogP contribution in [-0.2, 0) is 0 Å². The van der Waals surface area contributed by atoms with Crippen molar-refractivity contribution < 1.29 is 9.90 Å². The Morgan fingerprint density at radius 1 is 1.40 bits per heavy atom. The Kier molecular flexibility index (Phi) is 6.37. The van der Waals surface area contributed by atoms with Crippen LogP contribution in [0, 0.1) is 0 Å². The van der Waals surface area contributed by atoms with E-state index in [0.29, 0.717) is 19.6 Å². The minimum absolute atomic E-state index is 0.282. The van der Waals surface area contributed by atoms with Crippen LogP contribution in [0.5, 0.6) is 0 Å². The lowest BCUT2D eigenvalue weighted by Gasteiger charge is -2.28. The molecule has 1 N–H and O–H groups in total. The van der Waals surface area contributed by atoms with Crippen LogP contribution < -0.4 is 0 Å². The highest BCUT2D eigenvalue weighted by Gasteiger charge is 2.19. The second kappa shape index (κ2) is 7.00. The summed E-state index contributed by atoms with van der Waals surface area (Å²) in [4.78, 5) is 13.7. The fourth-order valence-corrected chi connectivity index (χ4v) is 1.42. The van der Waals surface area contributed by atoms with Crippen molar-refractivity contribution >= 4 is 23.4 Å². The molecule has 0 spiro atoms. The molecule has 0 aromatic carbocycles. The van der Waals surface area contributed by atoms with Gasteiger partial charge in [0.25, 0.3) is 0 Å². The predicted molar refractivity (Wildman–Crippen MR) is 65.0 cm³/mol. The summed E-state index contributed by atoms with van der Waals surface area (Å²) in [5.41, 5.74) is 0. The van der Waals surface area contributed by atoms with E-state index in [-0.39, 0.29) is 5.11 Å². The van der Waals surface area contributed by atoms with Gasteiger partial charge in [0, 0.05) is 19.6 Å². The second-order valence-electron chi connectivity index (χ2n) is 2.79. The largest absolute Gasteiger partial charge is 0.465 e. The molecule has 5 heteroatoms. The fraction of sp³-hybridized carbons (Fsp3) is 0.400. The maximum Gasteiger partial charge on any atom is 0.413 e. The minimum Gasteiger partial charge on any atom is -0.465 e. The van der Waals surface area contributed by atoms with Gasteiger partial charge in [-0.2, -0.15) is 0 Å². The van der Waals surface area contributed by atoms with E-state index in [0.717, 1.165) is 4.90 Å². The first-order valence-corrected chi connectivity index (χ1v) is 5.00. The predicted octanol–water partition coefficient (Wildman–Crippen LogP) is 1.95. The zero-order valence-corrected chi connectivity index (χ0v) is 9.66. The van der Waals surface area contributed by atoms with Gasteiger partial charge >= 0.3 is 6.09 Å². The first-order valence-electron chi connectivity index (χ1n) is 4.59. The highest BCUT2D eigenvalue weighted by molar-refractivity contribution is 7.80. The number of amides is 1. The Morgan fingerprint density at radius 2 is 1.87 bits per heavy atom. The van der Waals surface area contributed by atoms with E-state index in [1.807, 2.05) is 0 Å². The second-order valence-corrected chi connectivity index (χ2v) is 3.16. The van der Waals surface area contributed by atoms with Gasteiger partial charge in [-0.05, 0) is 19.1 Å². The van der Waals surface area contributed by atoms with E-state index in [9.17, 15) is 4.79 Å². The van der Waals surface area contributed by atoms with Crippen LogP contribution in [0.3, 0.4) is 0 Å². The molecule has 0 atom stereocenters. The monoisotopic (exact) mass is 228 g/mol. The van der Waals surface area contributed by atoms with E-state index in [2.05, 4.69) is 13.2 Å². The molecule has 0 saturated carbocycles. The Bertz CT molecular complexity index is 256. The Morgan fingerprint density at radius 3 is 2.13 bits per heavy atom. The highest BCUT2D eigenvalue weighted by atomic mass is 32.1. The number of nitrogens with zero attached hydrogens (tertiary/aromatic N) is 2. The van der Waals surface area contributed by atoms with Crippen molar-refractivity contribution in [1.82, 2.24) is 9.80 Å². The molecule has 0 bridgehead atoms. The van der Waals surface area contributed by atoms with Crippen LogP contribution in [0.2, 0.25) is 0 Å². The summed E-state index contributed by atoms with van der Waals surface area (Å²) in [7, 11) is 0. The quantitative estimate of drug-likeness (QED) is 0.577. The highest BCUT2D eigenvalue weighted by Crippen LogP contribution is 2.01. The van der Waals surface area contributed by atoms with E-state index in [1.165, 1.54) is 0 Å². The van der Waals surface area contributed by atoms with E-state index >= 15 is 0 Å². The average Bonchev–Trinajstić information content (AvgIpc) is 2.17. The number of carboxylic acid groups (broad SMARTS) is 1. The molecule has 15 heavy (non-hydrogen) atoms. The zero-order chi connectivity index (χ0) is 11.8. The third kappa shape index (κ3) is 4.12. The van der Waals surface area contributed by atoms with Crippen LogP contribution in [0.15, 0.2) is 25.3 Å². The standard InChI is InChI=1S/C10H16N2O2S/c1-4-7-11(8-5-2)9(15)12(6-3)10(13)14/h4-5H,1-2,6-8H2,3H3,(H,13,14). The molecule has 0 radical (unpaired) electrons. The van der Waals surface area contributed by atoms with Crippen molar-refractivity contribution in [3.8, 4) is 0 Å². The molecule has 84 valence electrons. The molecule has 0 aliphatic carbocycles. The van der Waals surface area contributed by atoms with Crippen LogP contribution in [0.1, 0.15) is 6.92 Å². The lowest BCUT2D eigenvalue weighted by molar-refractivity contribution is 0.167. The van der Waals surface area contributed by atoms with Crippen molar-refractivity contribution in [2.24, 2.45) is 0 Å². The van der Waals surface area contributed by atoms with Crippen LogP contribution >= 0.6 is 12.2 Å². The minimum atomic E-state index is -1.04. The van der Waals surface area contributed by atoms with Crippen molar-refractivity contribution in [1.29, 1.82) is 0 Å². The first-order chi connectivity index (χ1) is 7.08. The van der Waals surface area contributed by atoms with Gasteiger partial charge in [0.05, 0.1) is 0 Å². The fourth-order valence-electron chi connectivity index (χ4n) is 1.07. The summed E-state index contributed by atoms with van der Waals surface area (Å²) in [5.74, 6) is 0. The molecule has 0 heterocycles. The van der Waals surface area contributed by atoms with E-state index < -0.39 is 6.09 Å². The Balaban J connectivity index is 4.64. The lowest BCUT2D eigenvalue weighted by atomic mass is 10.4. The number of carbonyl (C=O) groups is 1. The maximum absolute atomic E-state index is 10.8. The van der Waals surface area contributed by atoms with Crippen molar-refractivity contribution in [3.05, 3.63) is 25.3 Å². The normalized spacial score (nSPS) is 9.13. The average molecular weight is 228 g/mol. The van der Waals surface area contributed by atoms with E-state index in [4.69, 9.17) is 17.3 Å². The smallest absolute Gasteiger partial charge is 0.413 e. The molecule has 0 aliphatic rings. The summed E-state index contributed by atoms with van der Waals surface area (Å²) in [6.07, 6.45) is 2.30. The van der Waals surface area contributed by atoms with Crippen LogP contribution in [0.4, 0.5) is 4.79 Å². The molecule has 0 unspecified atom stereocenters. The first kappa shape index (κ1) is 13.6. The van der Waals surface area contributed by atoms with Crippen molar-refractivity contribution in [2.75, 3.05) is 19.6 Å². The molecular weight excluding hydrogens is 212 g/mol. The Hall–Kier alpha value is -1.36. The molecular formula is C10H16N2O2S. The SMILES string of the molecule is C=CCN(CC=C)C(=S)N(CC)C(=O)O. The molecule has 0 aromatic rings. The number of hydrogen-bond acceptors (Lipinski definition) is 2. The van der Waals surface area contributed by atoms with Crippen molar-refractivity contribution in [3.63, 3.8) is 0 Å². The summed E-state index contributed by atoms with van der Waals surface area (Å²) < 4.78 is 0. The van der Waals surface area contributed by atoms with Crippen LogP contribution in [0.25, 0.3) is 0 Å². The maximum atomic E-state index is 10.8. The van der Waals surface area contributed by atoms with E-state index in [1.54, 1.807) is 24.0 Å². The number of hydrogen-bond donors (Lipinski definition) is 1. The van der Waals surface area contributed by atoms with Gasteiger partial charge in [0.1, 0.15) is 0 Å². The van der Waals surface area contributed by atoms with Crippen LogP contribution in [-0.4, -0.2) is 45.7 Å². The molecule has 0 fully saturated rings. The molecule has 0 saturated heterocycles. The van der Waals surface area contributed by atoms with Gasteiger partial charge in [-0.1, -0.05) is 12.2 Å². The van der Waals surface area contributed by atoms with Gasteiger partial charge < -0.3 is 10.0 Å². The molecule has 1 amide bonds. The van der Waals surface area contributed by atoms with Gasteiger partial charge in [-0.25, -0.2) is 4.79 Å². The third-order valence-electron chi connectivity index (χ3n) is 1.75. The summed E-state index contributed by atoms with van der Waals surface area (Å²) in [6.45, 7) is 10.3.